The second-order valence-electron chi connectivity index (χ2n) is 5.55. The number of benzene rings is 1. The summed E-state index contributed by atoms with van der Waals surface area (Å²) in [6, 6.07) is 8.24. The molecule has 3 rings (SSSR count). The predicted octanol–water partition coefficient (Wildman–Crippen LogP) is 0.923. The number of ether oxygens (including phenoxy) is 1. The topological polar surface area (TPSA) is 34.6 Å². The summed E-state index contributed by atoms with van der Waals surface area (Å²) in [4.78, 5) is 6.93. The van der Waals surface area contributed by atoms with Crippen LogP contribution in [0.1, 0.15) is 0 Å². The molecule has 21 heavy (non-hydrogen) atoms. The lowest BCUT2D eigenvalue weighted by Crippen LogP contribution is -2.49. The number of hydrogen-bond acceptors (Lipinski definition) is 6. The summed E-state index contributed by atoms with van der Waals surface area (Å²) in [6.45, 7) is 5.93. The van der Waals surface area contributed by atoms with Gasteiger partial charge in [0.05, 0.1) is 19.5 Å². The number of methoxy groups -OCH3 is 1. The van der Waals surface area contributed by atoms with Gasteiger partial charge in [-0.15, -0.1) is 0 Å². The van der Waals surface area contributed by atoms with Crippen LogP contribution >= 0.6 is 0 Å². The molecular weight excluding hydrogens is 266 g/mol. The van der Waals surface area contributed by atoms with Crippen molar-refractivity contribution in [2.45, 2.75) is 0 Å². The summed E-state index contributed by atoms with van der Waals surface area (Å²) < 4.78 is 5.46. The molecule has 0 aromatic heterocycles. The Kier molecular flexibility index (Phi) is 4.15. The van der Waals surface area contributed by atoms with Crippen molar-refractivity contribution in [3.63, 3.8) is 0 Å². The largest absolute Gasteiger partial charge is 0.495 e. The minimum Gasteiger partial charge on any atom is -0.495 e. The summed E-state index contributed by atoms with van der Waals surface area (Å²) in [6.07, 6.45) is 1.88. The normalized spacial score (nSPS) is 19.4. The summed E-state index contributed by atoms with van der Waals surface area (Å²) >= 11 is 0. The van der Waals surface area contributed by atoms with E-state index >= 15 is 0 Å². The predicted molar refractivity (Wildman–Crippen MR) is 84.6 cm³/mol. The molecule has 114 valence electrons. The van der Waals surface area contributed by atoms with Gasteiger partial charge in [0.25, 0.3) is 0 Å². The van der Waals surface area contributed by atoms with E-state index in [0.717, 1.165) is 45.3 Å². The van der Waals surface area contributed by atoms with Crippen molar-refractivity contribution >= 4 is 12.0 Å². The molecule has 0 unspecified atom stereocenters. The van der Waals surface area contributed by atoms with Crippen LogP contribution in [0.4, 0.5) is 5.69 Å². The van der Waals surface area contributed by atoms with Crippen molar-refractivity contribution in [2.75, 3.05) is 58.6 Å². The average Bonchev–Trinajstić information content (AvgIpc) is 2.93. The second kappa shape index (κ2) is 6.22. The first-order chi connectivity index (χ1) is 10.3. The van der Waals surface area contributed by atoms with E-state index in [1.807, 2.05) is 25.5 Å². The van der Waals surface area contributed by atoms with Gasteiger partial charge in [-0.2, -0.15) is 5.10 Å². The third-order valence-corrected chi connectivity index (χ3v) is 3.96. The Balaban J connectivity index is 1.54. The van der Waals surface area contributed by atoms with Gasteiger partial charge in [-0.05, 0) is 12.1 Å². The molecule has 0 aliphatic carbocycles. The molecule has 2 heterocycles. The van der Waals surface area contributed by atoms with Gasteiger partial charge in [0.15, 0.2) is 0 Å². The second-order valence-corrected chi connectivity index (χ2v) is 5.55. The van der Waals surface area contributed by atoms with E-state index in [1.54, 1.807) is 7.11 Å². The van der Waals surface area contributed by atoms with Crippen LogP contribution in [0.2, 0.25) is 0 Å². The highest BCUT2D eigenvalue weighted by atomic mass is 16.5. The van der Waals surface area contributed by atoms with Gasteiger partial charge in [0.1, 0.15) is 18.8 Å². The average molecular weight is 289 g/mol. The van der Waals surface area contributed by atoms with Gasteiger partial charge in [-0.1, -0.05) is 12.1 Å². The number of hydrogen-bond donors (Lipinski definition) is 0. The molecule has 0 atom stereocenters. The van der Waals surface area contributed by atoms with Crippen molar-refractivity contribution in [3.05, 3.63) is 24.3 Å². The molecular formula is C15H23N5O. The molecule has 1 fully saturated rings. The Bertz CT molecular complexity index is 499. The SMILES string of the molecule is COc1ccccc1N1CCN(CN2CN(C)C=N2)CC1. The smallest absolute Gasteiger partial charge is 0.142 e. The van der Waals surface area contributed by atoms with Crippen molar-refractivity contribution in [1.29, 1.82) is 0 Å². The van der Waals surface area contributed by atoms with Crippen LogP contribution < -0.4 is 9.64 Å². The number of anilines is 1. The fourth-order valence-corrected chi connectivity index (χ4v) is 2.83. The van der Waals surface area contributed by atoms with E-state index in [0.29, 0.717) is 0 Å². The van der Waals surface area contributed by atoms with Crippen LogP contribution in [0.5, 0.6) is 5.75 Å². The van der Waals surface area contributed by atoms with Gasteiger partial charge in [0, 0.05) is 33.2 Å². The highest BCUT2D eigenvalue weighted by Crippen LogP contribution is 2.28. The Morgan fingerprint density at radius 2 is 1.90 bits per heavy atom. The number of nitrogens with zero attached hydrogens (tertiary/aromatic N) is 5. The highest BCUT2D eigenvalue weighted by Gasteiger charge is 2.21. The van der Waals surface area contributed by atoms with Gasteiger partial charge < -0.3 is 14.5 Å². The maximum Gasteiger partial charge on any atom is 0.142 e. The van der Waals surface area contributed by atoms with E-state index in [9.17, 15) is 0 Å². The van der Waals surface area contributed by atoms with Crippen LogP contribution in [-0.4, -0.2) is 74.8 Å². The molecule has 6 heteroatoms. The zero-order valence-corrected chi connectivity index (χ0v) is 12.8. The van der Waals surface area contributed by atoms with Crippen molar-refractivity contribution in [1.82, 2.24) is 14.8 Å². The van der Waals surface area contributed by atoms with Gasteiger partial charge >= 0.3 is 0 Å². The van der Waals surface area contributed by atoms with E-state index in [2.05, 4.69) is 36.9 Å². The quantitative estimate of drug-likeness (QED) is 0.823. The number of para-hydroxylation sites is 2. The number of hydrazone groups is 1. The molecule has 0 spiro atoms. The molecule has 1 aromatic rings. The Hall–Kier alpha value is -1.95. The molecule has 1 saturated heterocycles. The lowest BCUT2D eigenvalue weighted by molar-refractivity contribution is 0.119. The zero-order chi connectivity index (χ0) is 14.7. The zero-order valence-electron chi connectivity index (χ0n) is 12.8. The standard InChI is InChI=1S/C15H23N5O/c1-17-11-16-20(12-17)13-18-7-9-19(10-8-18)14-5-3-4-6-15(14)21-2/h3-6,11H,7-10,12-13H2,1-2H3. The lowest BCUT2D eigenvalue weighted by atomic mass is 10.2. The molecule has 0 saturated carbocycles. The third-order valence-electron chi connectivity index (χ3n) is 3.96. The maximum atomic E-state index is 5.46. The van der Waals surface area contributed by atoms with E-state index < -0.39 is 0 Å². The molecule has 0 amide bonds. The molecule has 2 aliphatic heterocycles. The van der Waals surface area contributed by atoms with E-state index in [4.69, 9.17) is 4.74 Å². The maximum absolute atomic E-state index is 5.46. The first-order valence-electron chi connectivity index (χ1n) is 7.36. The van der Waals surface area contributed by atoms with Crippen molar-refractivity contribution in [3.8, 4) is 5.75 Å². The van der Waals surface area contributed by atoms with Crippen molar-refractivity contribution in [2.24, 2.45) is 5.10 Å². The molecule has 0 radical (unpaired) electrons. The summed E-state index contributed by atoms with van der Waals surface area (Å²) in [5.74, 6) is 0.955. The monoisotopic (exact) mass is 289 g/mol. The Morgan fingerprint density at radius 3 is 2.57 bits per heavy atom. The van der Waals surface area contributed by atoms with Gasteiger partial charge in [-0.25, -0.2) is 0 Å². The summed E-state index contributed by atoms with van der Waals surface area (Å²) in [7, 11) is 3.78. The number of piperazine rings is 1. The first-order valence-corrected chi connectivity index (χ1v) is 7.36. The van der Waals surface area contributed by atoms with Crippen LogP contribution in [0.25, 0.3) is 0 Å². The number of rotatable bonds is 4. The van der Waals surface area contributed by atoms with Crippen LogP contribution in [0, 0.1) is 0 Å². The Morgan fingerprint density at radius 1 is 1.14 bits per heavy atom. The minimum atomic E-state index is 0.882. The third kappa shape index (κ3) is 3.21. The summed E-state index contributed by atoms with van der Waals surface area (Å²) in [5, 5.41) is 6.47. The van der Waals surface area contributed by atoms with E-state index in [1.165, 1.54) is 5.69 Å². The van der Waals surface area contributed by atoms with Gasteiger partial charge in [0.2, 0.25) is 0 Å². The molecule has 0 N–H and O–H groups in total. The van der Waals surface area contributed by atoms with Crippen molar-refractivity contribution < 1.29 is 4.74 Å². The molecule has 6 nitrogen and oxygen atoms in total. The van der Waals surface area contributed by atoms with Crippen LogP contribution in [0.3, 0.4) is 0 Å². The first kappa shape index (κ1) is 14.0. The molecule has 0 bridgehead atoms. The van der Waals surface area contributed by atoms with Gasteiger partial charge in [-0.3, -0.25) is 9.91 Å². The lowest BCUT2D eigenvalue weighted by Gasteiger charge is -2.37. The fraction of sp³-hybridized carbons (Fsp3) is 0.533. The van der Waals surface area contributed by atoms with Crippen LogP contribution in [0.15, 0.2) is 29.4 Å². The van der Waals surface area contributed by atoms with E-state index in [-0.39, 0.29) is 0 Å². The molecule has 2 aliphatic rings. The Labute approximate surface area is 126 Å². The highest BCUT2D eigenvalue weighted by molar-refractivity contribution is 5.58. The minimum absolute atomic E-state index is 0.882. The van der Waals surface area contributed by atoms with Crippen LogP contribution in [-0.2, 0) is 0 Å². The fourth-order valence-electron chi connectivity index (χ4n) is 2.83. The summed E-state index contributed by atoms with van der Waals surface area (Å²) in [5.41, 5.74) is 1.19. The molecule has 1 aromatic carbocycles.